The van der Waals surface area contributed by atoms with Gasteiger partial charge in [0.1, 0.15) is 0 Å². The number of aryl methyl sites for hydroxylation is 2. The highest BCUT2D eigenvalue weighted by Gasteiger charge is 2.20. The molecule has 3 rings (SSSR count). The van der Waals surface area contributed by atoms with Crippen molar-refractivity contribution in [2.24, 2.45) is 5.92 Å². The van der Waals surface area contributed by atoms with Gasteiger partial charge < -0.3 is 0 Å². The van der Waals surface area contributed by atoms with Crippen LogP contribution in [-0.2, 0) is 10.5 Å². The predicted molar refractivity (Wildman–Crippen MR) is 114 cm³/mol. The standard InChI is InChI=1S/C22H28N4O2S/c1-15-13-16(2)24-22(23-15)29-14-17-9-11-19(12-10-17)21(28)26-25-20(27)18-7-5-3-4-6-8-18/h9-13,18H,3-8,14H2,1-2H3,(H,25,27)(H,26,28). The SMILES string of the molecule is Cc1cc(C)nc(SCc2ccc(C(=O)NNC(=O)C3CCCCCC3)cc2)n1. The van der Waals surface area contributed by atoms with E-state index in [-0.39, 0.29) is 17.7 Å². The van der Waals surface area contributed by atoms with E-state index in [0.717, 1.165) is 53.5 Å². The van der Waals surface area contributed by atoms with Crippen molar-refractivity contribution < 1.29 is 9.59 Å². The largest absolute Gasteiger partial charge is 0.273 e. The number of hydrazine groups is 1. The molecular weight excluding hydrogens is 384 g/mol. The molecule has 1 aliphatic rings. The van der Waals surface area contributed by atoms with Crippen LogP contribution in [0.15, 0.2) is 35.5 Å². The van der Waals surface area contributed by atoms with Crippen LogP contribution < -0.4 is 10.9 Å². The monoisotopic (exact) mass is 412 g/mol. The fraction of sp³-hybridized carbons (Fsp3) is 0.455. The third-order valence-electron chi connectivity index (χ3n) is 5.07. The Hall–Kier alpha value is -2.41. The first kappa shape index (κ1) is 21.3. The van der Waals surface area contributed by atoms with E-state index in [1.807, 2.05) is 32.0 Å². The third-order valence-corrected chi connectivity index (χ3v) is 5.99. The van der Waals surface area contributed by atoms with Crippen LogP contribution in [0.2, 0.25) is 0 Å². The van der Waals surface area contributed by atoms with Crippen LogP contribution in [0.4, 0.5) is 0 Å². The molecule has 1 heterocycles. The number of hydrogen-bond donors (Lipinski definition) is 2. The lowest BCUT2D eigenvalue weighted by atomic mass is 10.00. The molecule has 1 aromatic heterocycles. The summed E-state index contributed by atoms with van der Waals surface area (Å²) in [5.74, 6) is 0.346. The molecule has 0 spiro atoms. The summed E-state index contributed by atoms with van der Waals surface area (Å²) in [5.41, 5.74) is 8.64. The van der Waals surface area contributed by atoms with E-state index in [9.17, 15) is 9.59 Å². The summed E-state index contributed by atoms with van der Waals surface area (Å²) in [7, 11) is 0. The number of benzene rings is 1. The molecule has 0 saturated heterocycles. The summed E-state index contributed by atoms with van der Waals surface area (Å²) in [4.78, 5) is 33.4. The van der Waals surface area contributed by atoms with Gasteiger partial charge in [0.25, 0.3) is 5.91 Å². The lowest BCUT2D eigenvalue weighted by Gasteiger charge is -2.14. The molecule has 154 valence electrons. The molecule has 0 atom stereocenters. The first-order valence-corrected chi connectivity index (χ1v) is 11.1. The molecule has 1 saturated carbocycles. The van der Waals surface area contributed by atoms with Crippen LogP contribution in [-0.4, -0.2) is 21.8 Å². The Morgan fingerprint density at radius 2 is 1.59 bits per heavy atom. The maximum Gasteiger partial charge on any atom is 0.269 e. The highest BCUT2D eigenvalue weighted by Crippen LogP contribution is 2.23. The quantitative estimate of drug-likeness (QED) is 0.334. The van der Waals surface area contributed by atoms with E-state index < -0.39 is 0 Å². The number of nitrogens with one attached hydrogen (secondary N) is 2. The molecule has 0 aliphatic heterocycles. The predicted octanol–water partition coefficient (Wildman–Crippen LogP) is 4.12. The Balaban J connectivity index is 1.48. The van der Waals surface area contributed by atoms with Crippen LogP contribution >= 0.6 is 11.8 Å². The number of hydrogen-bond acceptors (Lipinski definition) is 5. The Morgan fingerprint density at radius 1 is 0.966 bits per heavy atom. The number of rotatable bonds is 5. The molecule has 0 radical (unpaired) electrons. The van der Waals surface area contributed by atoms with E-state index >= 15 is 0 Å². The van der Waals surface area contributed by atoms with Gasteiger partial charge in [0.15, 0.2) is 5.16 Å². The average molecular weight is 413 g/mol. The van der Waals surface area contributed by atoms with Gasteiger partial charge >= 0.3 is 0 Å². The van der Waals surface area contributed by atoms with E-state index in [2.05, 4.69) is 20.8 Å². The minimum Gasteiger partial charge on any atom is -0.273 e. The van der Waals surface area contributed by atoms with Gasteiger partial charge in [0.05, 0.1) is 0 Å². The molecule has 2 N–H and O–H groups in total. The van der Waals surface area contributed by atoms with Crippen molar-refractivity contribution >= 4 is 23.6 Å². The third kappa shape index (κ3) is 6.56. The maximum absolute atomic E-state index is 12.3. The summed E-state index contributed by atoms with van der Waals surface area (Å²) in [6.45, 7) is 3.92. The van der Waals surface area contributed by atoms with Crippen molar-refractivity contribution in [2.45, 2.75) is 63.3 Å². The van der Waals surface area contributed by atoms with Crippen molar-refractivity contribution in [1.29, 1.82) is 0 Å². The van der Waals surface area contributed by atoms with Gasteiger partial charge in [-0.1, -0.05) is 49.6 Å². The van der Waals surface area contributed by atoms with E-state index in [1.165, 1.54) is 12.8 Å². The fourth-order valence-electron chi connectivity index (χ4n) is 3.49. The molecule has 29 heavy (non-hydrogen) atoms. The average Bonchev–Trinajstić information content (AvgIpc) is 2.99. The van der Waals surface area contributed by atoms with Crippen molar-refractivity contribution in [1.82, 2.24) is 20.8 Å². The summed E-state index contributed by atoms with van der Waals surface area (Å²) in [6.07, 6.45) is 6.35. The molecule has 2 amide bonds. The van der Waals surface area contributed by atoms with Gasteiger partial charge in [0.2, 0.25) is 5.91 Å². The molecule has 2 aromatic rings. The maximum atomic E-state index is 12.3. The lowest BCUT2D eigenvalue weighted by molar-refractivity contribution is -0.126. The minimum atomic E-state index is -0.302. The molecule has 1 aromatic carbocycles. The zero-order valence-corrected chi connectivity index (χ0v) is 17.8. The zero-order valence-electron chi connectivity index (χ0n) is 17.0. The normalized spacial score (nSPS) is 14.8. The van der Waals surface area contributed by atoms with E-state index in [4.69, 9.17) is 0 Å². The van der Waals surface area contributed by atoms with Crippen LogP contribution in [0.25, 0.3) is 0 Å². The van der Waals surface area contributed by atoms with Crippen molar-refractivity contribution in [3.8, 4) is 0 Å². The van der Waals surface area contributed by atoms with Gasteiger partial charge in [0, 0.05) is 28.6 Å². The smallest absolute Gasteiger partial charge is 0.269 e. The van der Waals surface area contributed by atoms with Crippen LogP contribution in [0.1, 0.15) is 65.8 Å². The Bertz CT molecular complexity index is 826. The second-order valence-electron chi connectivity index (χ2n) is 7.55. The lowest BCUT2D eigenvalue weighted by Crippen LogP contribution is -2.44. The molecule has 7 heteroatoms. The van der Waals surface area contributed by atoms with Gasteiger partial charge in [-0.2, -0.15) is 0 Å². The summed E-state index contributed by atoms with van der Waals surface area (Å²) >= 11 is 1.57. The highest BCUT2D eigenvalue weighted by atomic mass is 32.2. The zero-order chi connectivity index (χ0) is 20.6. The first-order chi connectivity index (χ1) is 14.0. The summed E-state index contributed by atoms with van der Waals surface area (Å²) in [6, 6.07) is 9.32. The van der Waals surface area contributed by atoms with Gasteiger partial charge in [-0.05, 0) is 50.5 Å². The Morgan fingerprint density at radius 3 is 2.21 bits per heavy atom. The van der Waals surface area contributed by atoms with Gasteiger partial charge in [-0.15, -0.1) is 0 Å². The number of thioether (sulfide) groups is 1. The molecular formula is C22H28N4O2S. The molecule has 6 nitrogen and oxygen atoms in total. The fourth-order valence-corrected chi connectivity index (χ4v) is 4.40. The second kappa shape index (κ2) is 10.4. The van der Waals surface area contributed by atoms with Gasteiger partial charge in [-0.3, -0.25) is 20.4 Å². The Kier molecular flexibility index (Phi) is 7.63. The van der Waals surface area contributed by atoms with Crippen molar-refractivity contribution in [2.75, 3.05) is 0 Å². The summed E-state index contributed by atoms with van der Waals surface area (Å²) in [5, 5.41) is 0.755. The van der Waals surface area contributed by atoms with Crippen LogP contribution in [0.5, 0.6) is 0 Å². The molecule has 0 bridgehead atoms. The first-order valence-electron chi connectivity index (χ1n) is 10.2. The van der Waals surface area contributed by atoms with Crippen molar-refractivity contribution in [3.63, 3.8) is 0 Å². The van der Waals surface area contributed by atoms with Crippen molar-refractivity contribution in [3.05, 3.63) is 52.8 Å². The van der Waals surface area contributed by atoms with Crippen LogP contribution in [0, 0.1) is 19.8 Å². The number of nitrogens with zero attached hydrogens (tertiary/aromatic N) is 2. The molecule has 1 fully saturated rings. The number of carbonyl (C=O) groups is 2. The van der Waals surface area contributed by atoms with Crippen LogP contribution in [0.3, 0.4) is 0 Å². The minimum absolute atomic E-state index is 0.00433. The number of carbonyl (C=O) groups excluding carboxylic acids is 2. The molecule has 1 aliphatic carbocycles. The van der Waals surface area contributed by atoms with E-state index in [0.29, 0.717) is 5.56 Å². The second-order valence-corrected chi connectivity index (χ2v) is 8.49. The Labute approximate surface area is 176 Å². The van der Waals surface area contributed by atoms with Gasteiger partial charge in [-0.25, -0.2) is 9.97 Å². The number of amides is 2. The van der Waals surface area contributed by atoms with E-state index in [1.54, 1.807) is 23.9 Å². The molecule has 0 unspecified atom stereocenters. The summed E-state index contributed by atoms with van der Waals surface area (Å²) < 4.78 is 0. The highest BCUT2D eigenvalue weighted by molar-refractivity contribution is 7.98. The topological polar surface area (TPSA) is 84.0 Å². The number of aromatic nitrogens is 2.